The second-order valence-corrected chi connectivity index (χ2v) is 7.10. The standard InChI is InChI=1S/C22H24N2O3/c1-15-10-18-13-19(26-2)8-9-24(18)21(15)22(25)23-17-11-20(12-17)27-14-16-6-4-3-5-7-16/h3-10,13,17,20H,11-12,14H2,1-2H3,(H,23,25). The fourth-order valence-electron chi connectivity index (χ4n) is 3.57. The molecule has 2 aromatic heterocycles. The van der Waals surface area contributed by atoms with Crippen LogP contribution in [0.2, 0.25) is 0 Å². The van der Waals surface area contributed by atoms with Crippen LogP contribution < -0.4 is 10.1 Å². The number of benzene rings is 1. The molecule has 5 nitrogen and oxygen atoms in total. The van der Waals surface area contributed by atoms with Crippen molar-refractivity contribution in [2.75, 3.05) is 7.11 Å². The summed E-state index contributed by atoms with van der Waals surface area (Å²) in [7, 11) is 1.64. The van der Waals surface area contributed by atoms with Gasteiger partial charge in [-0.15, -0.1) is 0 Å². The van der Waals surface area contributed by atoms with Crippen LogP contribution in [-0.4, -0.2) is 29.6 Å². The van der Waals surface area contributed by atoms with Gasteiger partial charge in [-0.1, -0.05) is 30.3 Å². The zero-order chi connectivity index (χ0) is 18.8. The van der Waals surface area contributed by atoms with E-state index in [1.165, 1.54) is 5.56 Å². The van der Waals surface area contributed by atoms with Crippen LogP contribution in [0.25, 0.3) is 5.52 Å². The van der Waals surface area contributed by atoms with Crippen LogP contribution in [0.15, 0.2) is 54.7 Å². The minimum atomic E-state index is -0.0378. The summed E-state index contributed by atoms with van der Waals surface area (Å²) in [6.45, 7) is 2.58. The van der Waals surface area contributed by atoms with Crippen LogP contribution >= 0.6 is 0 Å². The first-order valence-corrected chi connectivity index (χ1v) is 9.26. The van der Waals surface area contributed by atoms with Gasteiger partial charge in [0.05, 0.1) is 19.8 Å². The Bertz CT molecular complexity index is 943. The van der Waals surface area contributed by atoms with E-state index in [0.29, 0.717) is 12.3 Å². The summed E-state index contributed by atoms with van der Waals surface area (Å²) in [6, 6.07) is 16.1. The Morgan fingerprint density at radius 1 is 1.19 bits per heavy atom. The molecule has 0 atom stereocenters. The lowest BCUT2D eigenvalue weighted by Gasteiger charge is -2.35. The molecule has 1 N–H and O–H groups in total. The van der Waals surface area contributed by atoms with Crippen molar-refractivity contribution in [3.8, 4) is 5.75 Å². The molecule has 1 aliphatic rings. The van der Waals surface area contributed by atoms with E-state index in [9.17, 15) is 4.79 Å². The van der Waals surface area contributed by atoms with E-state index in [1.54, 1.807) is 7.11 Å². The van der Waals surface area contributed by atoms with Crippen molar-refractivity contribution in [2.24, 2.45) is 0 Å². The number of methoxy groups -OCH3 is 1. The van der Waals surface area contributed by atoms with Gasteiger partial charge in [-0.05, 0) is 43.0 Å². The molecule has 0 unspecified atom stereocenters. The Kier molecular flexibility index (Phi) is 4.86. The molecule has 1 amide bonds. The lowest BCUT2D eigenvalue weighted by molar-refractivity contribution is -0.0251. The summed E-state index contributed by atoms with van der Waals surface area (Å²) in [5.74, 6) is 0.744. The van der Waals surface area contributed by atoms with Crippen molar-refractivity contribution in [1.29, 1.82) is 0 Å². The van der Waals surface area contributed by atoms with Crippen LogP contribution in [0.3, 0.4) is 0 Å². The van der Waals surface area contributed by atoms with E-state index in [1.807, 2.05) is 53.9 Å². The SMILES string of the molecule is COc1ccn2c(C(=O)NC3CC(OCc4ccccc4)C3)c(C)cc2c1. The molecule has 1 fully saturated rings. The van der Waals surface area contributed by atoms with Crippen molar-refractivity contribution >= 4 is 11.4 Å². The van der Waals surface area contributed by atoms with Gasteiger partial charge in [0.2, 0.25) is 0 Å². The lowest BCUT2D eigenvalue weighted by atomic mass is 9.89. The second-order valence-electron chi connectivity index (χ2n) is 7.10. The van der Waals surface area contributed by atoms with Gasteiger partial charge in [0, 0.05) is 23.8 Å². The van der Waals surface area contributed by atoms with Gasteiger partial charge < -0.3 is 19.2 Å². The van der Waals surface area contributed by atoms with Crippen LogP contribution in [0.5, 0.6) is 5.75 Å². The van der Waals surface area contributed by atoms with Gasteiger partial charge >= 0.3 is 0 Å². The average Bonchev–Trinajstić information content (AvgIpc) is 2.98. The molecule has 0 spiro atoms. The molecule has 2 heterocycles. The average molecular weight is 364 g/mol. The number of amides is 1. The fraction of sp³-hybridized carbons (Fsp3) is 0.318. The van der Waals surface area contributed by atoms with Crippen molar-refractivity contribution in [2.45, 2.75) is 38.5 Å². The molecule has 1 aromatic carbocycles. The first-order chi connectivity index (χ1) is 13.1. The van der Waals surface area contributed by atoms with Crippen molar-refractivity contribution in [3.05, 3.63) is 71.5 Å². The zero-order valence-electron chi connectivity index (χ0n) is 15.6. The van der Waals surface area contributed by atoms with Gasteiger partial charge in [-0.3, -0.25) is 4.79 Å². The number of nitrogens with one attached hydrogen (secondary N) is 1. The maximum atomic E-state index is 12.8. The van der Waals surface area contributed by atoms with Crippen LogP contribution in [0.1, 0.15) is 34.5 Å². The Balaban J connectivity index is 1.34. The Labute approximate surface area is 158 Å². The van der Waals surface area contributed by atoms with Crippen LogP contribution in [-0.2, 0) is 11.3 Å². The zero-order valence-corrected chi connectivity index (χ0v) is 15.6. The van der Waals surface area contributed by atoms with E-state index < -0.39 is 0 Å². The topological polar surface area (TPSA) is 52.0 Å². The fourth-order valence-corrected chi connectivity index (χ4v) is 3.57. The molecule has 0 bridgehead atoms. The van der Waals surface area contributed by atoms with Gasteiger partial charge in [0.15, 0.2) is 0 Å². The normalized spacial score (nSPS) is 18.9. The molecular formula is C22H24N2O3. The van der Waals surface area contributed by atoms with E-state index in [2.05, 4.69) is 17.4 Å². The Morgan fingerprint density at radius 3 is 2.70 bits per heavy atom. The molecule has 4 rings (SSSR count). The molecule has 0 aliphatic heterocycles. The number of pyridine rings is 1. The molecule has 1 saturated carbocycles. The molecular weight excluding hydrogens is 340 g/mol. The third kappa shape index (κ3) is 3.69. The first-order valence-electron chi connectivity index (χ1n) is 9.26. The quantitative estimate of drug-likeness (QED) is 0.725. The molecule has 27 heavy (non-hydrogen) atoms. The van der Waals surface area contributed by atoms with Crippen molar-refractivity contribution in [1.82, 2.24) is 9.72 Å². The second kappa shape index (κ2) is 7.45. The van der Waals surface area contributed by atoms with E-state index in [-0.39, 0.29) is 18.1 Å². The van der Waals surface area contributed by atoms with Gasteiger partial charge in [-0.2, -0.15) is 0 Å². The summed E-state index contributed by atoms with van der Waals surface area (Å²) in [4.78, 5) is 12.8. The third-order valence-electron chi connectivity index (χ3n) is 5.14. The summed E-state index contributed by atoms with van der Waals surface area (Å²) in [6.07, 6.45) is 3.80. The monoisotopic (exact) mass is 364 g/mol. The largest absolute Gasteiger partial charge is 0.497 e. The Hall–Kier alpha value is -2.79. The van der Waals surface area contributed by atoms with Gasteiger partial charge in [-0.25, -0.2) is 0 Å². The van der Waals surface area contributed by atoms with Crippen molar-refractivity contribution in [3.63, 3.8) is 0 Å². The van der Waals surface area contributed by atoms with Gasteiger partial charge in [0.25, 0.3) is 5.91 Å². The number of carbonyl (C=O) groups excluding carboxylic acids is 1. The molecule has 0 saturated heterocycles. The first kappa shape index (κ1) is 17.6. The number of aromatic nitrogens is 1. The molecule has 3 aromatic rings. The highest BCUT2D eigenvalue weighted by atomic mass is 16.5. The minimum Gasteiger partial charge on any atom is -0.497 e. The smallest absolute Gasteiger partial charge is 0.268 e. The van der Waals surface area contributed by atoms with E-state index in [0.717, 1.165) is 29.7 Å². The number of carbonyl (C=O) groups is 1. The number of nitrogens with zero attached hydrogens (tertiary/aromatic N) is 1. The maximum absolute atomic E-state index is 12.8. The molecule has 0 radical (unpaired) electrons. The lowest BCUT2D eigenvalue weighted by Crippen LogP contribution is -2.48. The van der Waals surface area contributed by atoms with E-state index in [4.69, 9.17) is 9.47 Å². The highest BCUT2D eigenvalue weighted by molar-refractivity contribution is 5.96. The number of aryl methyl sites for hydroxylation is 1. The molecule has 140 valence electrons. The van der Waals surface area contributed by atoms with Crippen molar-refractivity contribution < 1.29 is 14.3 Å². The predicted molar refractivity (Wildman–Crippen MR) is 104 cm³/mol. The van der Waals surface area contributed by atoms with Crippen LogP contribution in [0.4, 0.5) is 0 Å². The van der Waals surface area contributed by atoms with E-state index >= 15 is 0 Å². The minimum absolute atomic E-state index is 0.0378. The Morgan fingerprint density at radius 2 is 1.96 bits per heavy atom. The number of rotatable bonds is 6. The van der Waals surface area contributed by atoms with Crippen LogP contribution in [0, 0.1) is 6.92 Å². The maximum Gasteiger partial charge on any atom is 0.268 e. The summed E-state index contributed by atoms with van der Waals surface area (Å²) < 4.78 is 13.1. The summed E-state index contributed by atoms with van der Waals surface area (Å²) in [5.41, 5.74) is 3.77. The molecule has 1 aliphatic carbocycles. The predicted octanol–water partition coefficient (Wildman–Crippen LogP) is 3.73. The highest BCUT2D eigenvalue weighted by Gasteiger charge is 2.32. The number of hydrogen-bond acceptors (Lipinski definition) is 3. The third-order valence-corrected chi connectivity index (χ3v) is 5.14. The number of ether oxygens (including phenoxy) is 2. The summed E-state index contributed by atoms with van der Waals surface area (Å²) >= 11 is 0. The highest BCUT2D eigenvalue weighted by Crippen LogP contribution is 2.26. The molecule has 5 heteroatoms. The number of fused-ring (bicyclic) bond motifs is 1. The summed E-state index contributed by atoms with van der Waals surface area (Å²) in [5, 5.41) is 3.14. The number of hydrogen-bond donors (Lipinski definition) is 1. The van der Waals surface area contributed by atoms with Gasteiger partial charge in [0.1, 0.15) is 11.4 Å².